The number of carbonyl (C=O) groups excluding carboxylic acids is 2. The van der Waals surface area contributed by atoms with E-state index in [1.165, 1.54) is 16.9 Å². The molecule has 2 saturated heterocycles. The first kappa shape index (κ1) is 33.9. The molecule has 12 heteroatoms. The molecule has 0 aromatic heterocycles. The Labute approximate surface area is 286 Å². The van der Waals surface area contributed by atoms with Crippen molar-refractivity contribution in [2.45, 2.75) is 49.3 Å². The maximum absolute atomic E-state index is 14.0. The van der Waals surface area contributed by atoms with E-state index in [9.17, 15) is 35.9 Å². The summed E-state index contributed by atoms with van der Waals surface area (Å²) in [6.45, 7) is 0.698. The molecule has 4 aromatic rings. The SMILES string of the molecule is O=C(NC1CCN(CCB(CC(F)(F)F)N2CC3(C2=O)c2ccccc2-c2ccccc23)CC1)c1ccccc1-c1ccc(C(F)(F)F)cc1. The molecule has 2 heterocycles. The van der Waals surface area contributed by atoms with Crippen LogP contribution in [0.25, 0.3) is 22.3 Å². The summed E-state index contributed by atoms with van der Waals surface area (Å²) in [6.07, 6.45) is -8.65. The van der Waals surface area contributed by atoms with E-state index in [2.05, 4.69) is 10.2 Å². The molecule has 50 heavy (non-hydrogen) atoms. The van der Waals surface area contributed by atoms with Crippen LogP contribution in [0.15, 0.2) is 97.1 Å². The van der Waals surface area contributed by atoms with Crippen molar-refractivity contribution in [2.75, 3.05) is 26.2 Å². The molecule has 0 bridgehead atoms. The molecule has 1 spiro atoms. The fraction of sp³-hybridized carbons (Fsp3) is 0.316. The third-order valence-electron chi connectivity index (χ3n) is 10.4. The van der Waals surface area contributed by atoms with Gasteiger partial charge in [-0.25, -0.2) is 0 Å². The number of β-lactam (4-membered cyclic amide) rings is 1. The van der Waals surface area contributed by atoms with Crippen molar-refractivity contribution in [1.29, 1.82) is 0 Å². The first-order valence-electron chi connectivity index (χ1n) is 16.7. The maximum Gasteiger partial charge on any atom is 0.416 e. The maximum atomic E-state index is 14.0. The van der Waals surface area contributed by atoms with Gasteiger partial charge < -0.3 is 15.0 Å². The van der Waals surface area contributed by atoms with Gasteiger partial charge in [-0.1, -0.05) is 78.9 Å². The predicted octanol–water partition coefficient (Wildman–Crippen LogP) is 7.93. The summed E-state index contributed by atoms with van der Waals surface area (Å²) in [6, 6.07) is 26.5. The van der Waals surface area contributed by atoms with Gasteiger partial charge in [0.25, 0.3) is 12.8 Å². The molecule has 2 aliphatic heterocycles. The zero-order valence-electron chi connectivity index (χ0n) is 27.0. The Hall–Kier alpha value is -4.58. The monoisotopic (exact) mass is 689 g/mol. The first-order valence-corrected chi connectivity index (χ1v) is 16.7. The van der Waals surface area contributed by atoms with Gasteiger partial charge in [-0.15, -0.1) is 0 Å². The highest BCUT2D eigenvalue weighted by Gasteiger charge is 2.61. The van der Waals surface area contributed by atoms with Crippen molar-refractivity contribution in [1.82, 2.24) is 15.0 Å². The van der Waals surface area contributed by atoms with E-state index in [1.807, 2.05) is 48.5 Å². The van der Waals surface area contributed by atoms with Crippen molar-refractivity contribution in [2.24, 2.45) is 0 Å². The normalized spacial score (nSPS) is 17.3. The number of nitrogens with zero attached hydrogens (tertiary/aromatic N) is 2. The standard InChI is InChI=1S/C38H34BF6N3O2/c40-37(41,42)23-39(48-24-36(35(48)50)32-11-5-3-8-29(32)30-9-4-6-12-33(30)36)19-22-47-20-17-27(18-21-47)46-34(49)31-10-2-1-7-28(31)25-13-15-26(16-14-25)38(43,44)45/h1-16,27H,17-24H2,(H,46,49). The highest BCUT2D eigenvalue weighted by atomic mass is 19.4. The number of hydrogen-bond acceptors (Lipinski definition) is 3. The van der Waals surface area contributed by atoms with Gasteiger partial charge in [-0.05, 0) is 77.3 Å². The summed E-state index contributed by atoms with van der Waals surface area (Å²) in [5, 5.41) is 3.04. The number of amides is 2. The highest BCUT2D eigenvalue weighted by molar-refractivity contribution is 6.60. The summed E-state index contributed by atoms with van der Waals surface area (Å²) in [7, 11) is 0. The average Bonchev–Trinajstić information content (AvgIpc) is 3.41. The predicted molar refractivity (Wildman–Crippen MR) is 180 cm³/mol. The minimum atomic E-state index is -4.46. The van der Waals surface area contributed by atoms with Crippen LogP contribution in [0, 0.1) is 0 Å². The van der Waals surface area contributed by atoms with Crippen LogP contribution in [-0.2, 0) is 16.4 Å². The second-order valence-electron chi connectivity index (χ2n) is 13.4. The Kier molecular flexibility index (Phi) is 8.78. The summed E-state index contributed by atoms with van der Waals surface area (Å²) < 4.78 is 80.7. The van der Waals surface area contributed by atoms with Crippen LogP contribution >= 0.6 is 0 Å². The molecule has 4 aromatic carbocycles. The van der Waals surface area contributed by atoms with Crippen LogP contribution < -0.4 is 5.32 Å². The number of benzene rings is 4. The van der Waals surface area contributed by atoms with E-state index in [4.69, 9.17) is 0 Å². The van der Waals surface area contributed by atoms with Crippen molar-refractivity contribution < 1.29 is 35.9 Å². The van der Waals surface area contributed by atoms with Crippen LogP contribution in [0.5, 0.6) is 0 Å². The fourth-order valence-corrected chi connectivity index (χ4v) is 7.87. The summed E-state index contributed by atoms with van der Waals surface area (Å²) in [5.41, 5.74) is 3.19. The molecule has 0 unspecified atom stereocenters. The molecule has 7 rings (SSSR count). The molecule has 2 fully saturated rings. The summed E-state index contributed by atoms with van der Waals surface area (Å²) in [5.74, 6) is -0.633. The van der Waals surface area contributed by atoms with Gasteiger partial charge in [0, 0.05) is 37.6 Å². The lowest BCUT2D eigenvalue weighted by molar-refractivity contribution is -0.142. The van der Waals surface area contributed by atoms with Gasteiger partial charge in [0.1, 0.15) is 5.41 Å². The zero-order chi connectivity index (χ0) is 35.3. The number of hydrogen-bond donors (Lipinski definition) is 1. The van der Waals surface area contributed by atoms with Gasteiger partial charge in [0.05, 0.1) is 5.56 Å². The topological polar surface area (TPSA) is 52.7 Å². The average molecular weight is 690 g/mol. The second-order valence-corrected chi connectivity index (χ2v) is 13.4. The van der Waals surface area contributed by atoms with Gasteiger partial charge in [0.2, 0.25) is 5.91 Å². The molecule has 1 N–H and O–H groups in total. The van der Waals surface area contributed by atoms with Gasteiger partial charge in [-0.3, -0.25) is 9.59 Å². The highest BCUT2D eigenvalue weighted by Crippen LogP contribution is 2.54. The Morgan fingerprint density at radius 3 is 1.90 bits per heavy atom. The number of nitrogens with one attached hydrogen (secondary N) is 1. The van der Waals surface area contributed by atoms with Crippen molar-refractivity contribution >= 4 is 18.7 Å². The van der Waals surface area contributed by atoms with Crippen molar-refractivity contribution in [3.63, 3.8) is 0 Å². The minimum Gasteiger partial charge on any atom is -0.383 e. The first-order chi connectivity index (χ1) is 23.8. The molecule has 0 atom stereocenters. The molecule has 1 aliphatic carbocycles. The van der Waals surface area contributed by atoms with Crippen LogP contribution in [0.1, 0.15) is 39.9 Å². The number of likely N-dealkylation sites (tertiary alicyclic amines) is 1. The van der Waals surface area contributed by atoms with Crippen LogP contribution in [0.4, 0.5) is 26.3 Å². The Morgan fingerprint density at radius 2 is 1.34 bits per heavy atom. The fourth-order valence-electron chi connectivity index (χ4n) is 7.87. The van der Waals surface area contributed by atoms with Crippen LogP contribution in [-0.4, -0.2) is 66.8 Å². The van der Waals surface area contributed by atoms with Crippen molar-refractivity contribution in [3.05, 3.63) is 119 Å². The van der Waals surface area contributed by atoms with Crippen LogP contribution in [0.2, 0.25) is 12.6 Å². The van der Waals surface area contributed by atoms with Gasteiger partial charge in [0.15, 0.2) is 0 Å². The third kappa shape index (κ3) is 6.30. The van der Waals surface area contributed by atoms with E-state index in [0.29, 0.717) is 49.2 Å². The van der Waals surface area contributed by atoms with E-state index in [-0.39, 0.29) is 30.7 Å². The minimum absolute atomic E-state index is 0.169. The van der Waals surface area contributed by atoms with Gasteiger partial charge in [-0.2, -0.15) is 26.3 Å². The Morgan fingerprint density at radius 1 is 0.780 bits per heavy atom. The number of halogens is 6. The van der Waals surface area contributed by atoms with Gasteiger partial charge >= 0.3 is 12.4 Å². The molecule has 3 aliphatic rings. The number of fused-ring (bicyclic) bond motifs is 5. The molecule has 0 saturated carbocycles. The number of alkyl halides is 6. The van der Waals surface area contributed by atoms with E-state index >= 15 is 0 Å². The molecule has 0 radical (unpaired) electrons. The van der Waals surface area contributed by atoms with Crippen LogP contribution in [0.3, 0.4) is 0 Å². The largest absolute Gasteiger partial charge is 0.416 e. The molecule has 2 amide bonds. The third-order valence-corrected chi connectivity index (χ3v) is 10.4. The van der Waals surface area contributed by atoms with E-state index < -0.39 is 36.5 Å². The Balaban J connectivity index is 0.973. The number of carbonyl (C=O) groups is 2. The lowest BCUT2D eigenvalue weighted by atomic mass is 9.49. The molecular formula is C38H34BF6N3O2. The smallest absolute Gasteiger partial charge is 0.383 e. The molecule has 5 nitrogen and oxygen atoms in total. The quantitative estimate of drug-likeness (QED) is 0.116. The lowest BCUT2D eigenvalue weighted by Gasteiger charge is -2.51. The Bertz CT molecular complexity index is 1860. The summed E-state index contributed by atoms with van der Waals surface area (Å²) in [4.78, 5) is 30.8. The van der Waals surface area contributed by atoms with E-state index in [1.54, 1.807) is 24.3 Å². The lowest BCUT2D eigenvalue weighted by Crippen LogP contribution is -2.69. The molecular weight excluding hydrogens is 655 g/mol. The summed E-state index contributed by atoms with van der Waals surface area (Å²) >= 11 is 0. The second kappa shape index (κ2) is 13.0. The number of piperidine rings is 1. The van der Waals surface area contributed by atoms with Crippen molar-refractivity contribution in [3.8, 4) is 22.3 Å². The zero-order valence-corrected chi connectivity index (χ0v) is 27.0. The van der Waals surface area contributed by atoms with E-state index in [0.717, 1.165) is 34.4 Å². The number of rotatable bonds is 8. The molecule has 258 valence electrons.